The van der Waals surface area contributed by atoms with Gasteiger partial charge in [-0.3, -0.25) is 4.79 Å². The average molecular weight is 168 g/mol. The van der Waals surface area contributed by atoms with Gasteiger partial charge in [-0.1, -0.05) is 19.3 Å². The minimum absolute atomic E-state index is 0.141. The monoisotopic (exact) mass is 168 g/mol. The van der Waals surface area contributed by atoms with Crippen LogP contribution in [0.5, 0.6) is 0 Å². The second kappa shape index (κ2) is 2.84. The van der Waals surface area contributed by atoms with Gasteiger partial charge in [0.25, 0.3) is 0 Å². The number of carbonyl (C=O) groups excluding carboxylic acids is 1. The fourth-order valence-electron chi connectivity index (χ4n) is 2.11. The van der Waals surface area contributed by atoms with Gasteiger partial charge in [-0.25, -0.2) is 0 Å². The summed E-state index contributed by atoms with van der Waals surface area (Å²) in [5.41, 5.74) is -0.917. The summed E-state index contributed by atoms with van der Waals surface area (Å²) in [4.78, 5) is 11.6. The molecule has 0 aromatic heterocycles. The van der Waals surface area contributed by atoms with E-state index >= 15 is 0 Å². The summed E-state index contributed by atoms with van der Waals surface area (Å²) < 4.78 is 0. The van der Waals surface area contributed by atoms with Crippen LogP contribution in [0.4, 0.5) is 0 Å². The Bertz CT molecular complexity index is 188. The van der Waals surface area contributed by atoms with E-state index in [0.717, 1.165) is 25.7 Å². The van der Waals surface area contributed by atoms with Crippen molar-refractivity contribution in [3.8, 4) is 0 Å². The van der Waals surface area contributed by atoms with Gasteiger partial charge in [-0.05, 0) is 25.7 Å². The first-order valence-corrected chi connectivity index (χ1v) is 4.99. The van der Waals surface area contributed by atoms with Crippen molar-refractivity contribution >= 4 is 5.78 Å². The molecule has 0 heterocycles. The molecule has 2 nitrogen and oxygen atoms in total. The first-order chi connectivity index (χ1) is 5.72. The van der Waals surface area contributed by atoms with Gasteiger partial charge in [0.05, 0.1) is 0 Å². The molecule has 0 aromatic carbocycles. The van der Waals surface area contributed by atoms with E-state index in [1.165, 1.54) is 6.42 Å². The predicted octanol–water partition coefficient (Wildman–Crippen LogP) is 1.66. The number of rotatable bonds is 2. The number of ketones is 1. The quantitative estimate of drug-likeness (QED) is 0.681. The number of hydrogen-bond donors (Lipinski definition) is 1. The molecule has 0 aliphatic heterocycles. The Labute approximate surface area is 73.0 Å². The Kier molecular flexibility index (Phi) is 1.95. The number of carbonyl (C=O) groups is 1. The lowest BCUT2D eigenvalue weighted by atomic mass is 9.80. The van der Waals surface area contributed by atoms with Gasteiger partial charge >= 0.3 is 0 Å². The zero-order chi connectivity index (χ0) is 8.60. The zero-order valence-electron chi connectivity index (χ0n) is 7.38. The molecule has 0 amide bonds. The van der Waals surface area contributed by atoms with Crippen LogP contribution in [0.3, 0.4) is 0 Å². The summed E-state index contributed by atoms with van der Waals surface area (Å²) in [5.74, 6) is 0.357. The van der Waals surface area contributed by atoms with Crippen molar-refractivity contribution in [1.29, 1.82) is 0 Å². The molecule has 2 aliphatic carbocycles. The maximum Gasteiger partial charge on any atom is 0.167 e. The van der Waals surface area contributed by atoms with Crippen molar-refractivity contribution < 1.29 is 9.90 Å². The molecule has 1 N–H and O–H groups in total. The minimum Gasteiger partial charge on any atom is -0.382 e. The first-order valence-electron chi connectivity index (χ1n) is 4.99. The third kappa shape index (κ3) is 1.40. The van der Waals surface area contributed by atoms with Crippen LogP contribution < -0.4 is 0 Å². The molecule has 0 bridgehead atoms. The van der Waals surface area contributed by atoms with E-state index in [4.69, 9.17) is 0 Å². The molecule has 2 fully saturated rings. The van der Waals surface area contributed by atoms with Crippen LogP contribution in [0.25, 0.3) is 0 Å². The van der Waals surface area contributed by atoms with Crippen molar-refractivity contribution in [2.75, 3.05) is 0 Å². The molecular weight excluding hydrogens is 152 g/mol. The smallest absolute Gasteiger partial charge is 0.167 e. The maximum absolute atomic E-state index is 11.6. The maximum atomic E-state index is 11.6. The Hall–Kier alpha value is -0.370. The lowest BCUT2D eigenvalue weighted by molar-refractivity contribution is -0.141. The van der Waals surface area contributed by atoms with Crippen LogP contribution in [0.15, 0.2) is 0 Å². The third-order valence-corrected chi connectivity index (χ3v) is 3.09. The molecule has 12 heavy (non-hydrogen) atoms. The molecular formula is C10H16O2. The minimum atomic E-state index is -0.917. The summed E-state index contributed by atoms with van der Waals surface area (Å²) in [6.45, 7) is 0. The summed E-state index contributed by atoms with van der Waals surface area (Å²) in [7, 11) is 0. The van der Waals surface area contributed by atoms with Crippen molar-refractivity contribution in [1.82, 2.24) is 0 Å². The Morgan fingerprint density at radius 1 is 1.17 bits per heavy atom. The lowest BCUT2D eigenvalue weighted by Crippen LogP contribution is -2.41. The van der Waals surface area contributed by atoms with Crippen molar-refractivity contribution in [3.05, 3.63) is 0 Å². The summed E-state index contributed by atoms with van der Waals surface area (Å²) in [6.07, 6.45) is 6.68. The SMILES string of the molecule is O=C(C1CC1)C1(O)CCCCC1. The molecule has 2 heteroatoms. The van der Waals surface area contributed by atoms with E-state index < -0.39 is 5.60 Å². The first kappa shape index (κ1) is 8.24. The average Bonchev–Trinajstić information content (AvgIpc) is 2.87. The molecule has 0 spiro atoms. The topological polar surface area (TPSA) is 37.3 Å². The summed E-state index contributed by atoms with van der Waals surface area (Å²) in [6, 6.07) is 0. The van der Waals surface area contributed by atoms with E-state index in [9.17, 15) is 9.90 Å². The van der Waals surface area contributed by atoms with Crippen LogP contribution in [-0.4, -0.2) is 16.5 Å². The van der Waals surface area contributed by atoms with Crippen molar-refractivity contribution in [2.24, 2.45) is 5.92 Å². The summed E-state index contributed by atoms with van der Waals surface area (Å²) in [5, 5.41) is 10.0. The highest BCUT2D eigenvalue weighted by atomic mass is 16.3. The number of hydrogen-bond acceptors (Lipinski definition) is 2. The molecule has 0 unspecified atom stereocenters. The third-order valence-electron chi connectivity index (χ3n) is 3.09. The standard InChI is InChI=1S/C10H16O2/c11-9(8-4-5-8)10(12)6-2-1-3-7-10/h8,12H,1-7H2. The lowest BCUT2D eigenvalue weighted by Gasteiger charge is -2.30. The molecule has 2 saturated carbocycles. The predicted molar refractivity (Wildman–Crippen MR) is 45.8 cm³/mol. The Morgan fingerprint density at radius 2 is 1.75 bits per heavy atom. The van der Waals surface area contributed by atoms with E-state index in [1.807, 2.05) is 0 Å². The zero-order valence-corrected chi connectivity index (χ0v) is 7.38. The van der Waals surface area contributed by atoms with Crippen LogP contribution in [0.1, 0.15) is 44.9 Å². The normalized spacial score (nSPS) is 28.4. The van der Waals surface area contributed by atoms with E-state index in [2.05, 4.69) is 0 Å². The Balaban J connectivity index is 2.01. The van der Waals surface area contributed by atoms with Gasteiger partial charge in [0.2, 0.25) is 0 Å². The van der Waals surface area contributed by atoms with Crippen LogP contribution in [0.2, 0.25) is 0 Å². The van der Waals surface area contributed by atoms with E-state index in [0.29, 0.717) is 12.8 Å². The highest BCUT2D eigenvalue weighted by Crippen LogP contribution is 2.39. The fraction of sp³-hybridized carbons (Fsp3) is 0.900. The molecule has 0 radical (unpaired) electrons. The molecule has 2 rings (SSSR count). The van der Waals surface area contributed by atoms with Crippen LogP contribution >= 0.6 is 0 Å². The molecule has 2 aliphatic rings. The highest BCUT2D eigenvalue weighted by Gasteiger charge is 2.44. The van der Waals surface area contributed by atoms with Crippen LogP contribution in [0, 0.1) is 5.92 Å². The second-order valence-electron chi connectivity index (χ2n) is 4.23. The largest absolute Gasteiger partial charge is 0.382 e. The molecule has 0 aromatic rings. The highest BCUT2D eigenvalue weighted by molar-refractivity contribution is 5.91. The Morgan fingerprint density at radius 3 is 2.25 bits per heavy atom. The van der Waals surface area contributed by atoms with Crippen molar-refractivity contribution in [2.45, 2.75) is 50.5 Å². The molecule has 0 atom stereocenters. The van der Waals surface area contributed by atoms with Gasteiger partial charge < -0.3 is 5.11 Å². The fourth-order valence-corrected chi connectivity index (χ4v) is 2.11. The molecule has 0 saturated heterocycles. The van der Waals surface area contributed by atoms with Gasteiger partial charge in [0.1, 0.15) is 5.60 Å². The van der Waals surface area contributed by atoms with E-state index in [-0.39, 0.29) is 11.7 Å². The summed E-state index contributed by atoms with van der Waals surface area (Å²) >= 11 is 0. The number of Topliss-reactive ketones (excluding diaryl/α,β-unsaturated/α-hetero) is 1. The molecule has 68 valence electrons. The van der Waals surface area contributed by atoms with Gasteiger partial charge in [-0.15, -0.1) is 0 Å². The van der Waals surface area contributed by atoms with Crippen LogP contribution in [-0.2, 0) is 4.79 Å². The second-order valence-corrected chi connectivity index (χ2v) is 4.23. The van der Waals surface area contributed by atoms with Gasteiger partial charge in [-0.2, -0.15) is 0 Å². The van der Waals surface area contributed by atoms with Gasteiger partial charge in [0.15, 0.2) is 5.78 Å². The van der Waals surface area contributed by atoms with E-state index in [1.54, 1.807) is 0 Å². The van der Waals surface area contributed by atoms with Crippen molar-refractivity contribution in [3.63, 3.8) is 0 Å². The van der Waals surface area contributed by atoms with Gasteiger partial charge in [0, 0.05) is 5.92 Å². The number of aliphatic hydroxyl groups is 1.